The van der Waals surface area contributed by atoms with Crippen LogP contribution in [0.2, 0.25) is 0 Å². The Morgan fingerprint density at radius 3 is 2.75 bits per heavy atom. The molecule has 0 spiro atoms. The number of rotatable bonds is 5. The van der Waals surface area contributed by atoms with Gasteiger partial charge >= 0.3 is 0 Å². The Bertz CT molecular complexity index is 181. The van der Waals surface area contributed by atoms with Crippen molar-refractivity contribution in [2.24, 2.45) is 5.92 Å². The SMILES string of the molecule is CC(CC1CCCCCN1)NCC1CCC1. The van der Waals surface area contributed by atoms with Crippen LogP contribution in [0.3, 0.4) is 0 Å². The van der Waals surface area contributed by atoms with Crippen molar-refractivity contribution in [1.29, 1.82) is 0 Å². The number of hydrogen-bond donors (Lipinski definition) is 2. The molecule has 1 heterocycles. The van der Waals surface area contributed by atoms with Crippen molar-refractivity contribution in [1.82, 2.24) is 10.6 Å². The van der Waals surface area contributed by atoms with Gasteiger partial charge in [-0.1, -0.05) is 19.3 Å². The summed E-state index contributed by atoms with van der Waals surface area (Å²) in [5, 5.41) is 7.40. The van der Waals surface area contributed by atoms with Crippen LogP contribution >= 0.6 is 0 Å². The first kappa shape index (κ1) is 12.4. The van der Waals surface area contributed by atoms with Crippen LogP contribution in [-0.4, -0.2) is 25.2 Å². The molecule has 1 aliphatic heterocycles. The average molecular weight is 224 g/mol. The maximum absolute atomic E-state index is 3.71. The highest BCUT2D eigenvalue weighted by Crippen LogP contribution is 2.25. The first-order valence-electron chi connectivity index (χ1n) is 7.31. The summed E-state index contributed by atoms with van der Waals surface area (Å²) in [6.45, 7) is 4.85. The first-order valence-corrected chi connectivity index (χ1v) is 7.31. The van der Waals surface area contributed by atoms with E-state index in [1.165, 1.54) is 64.5 Å². The summed E-state index contributed by atoms with van der Waals surface area (Å²) in [6.07, 6.45) is 11.3. The van der Waals surface area contributed by atoms with E-state index in [0.717, 1.165) is 12.0 Å². The fourth-order valence-corrected chi connectivity index (χ4v) is 2.88. The molecule has 0 radical (unpaired) electrons. The van der Waals surface area contributed by atoms with E-state index in [0.29, 0.717) is 6.04 Å². The minimum Gasteiger partial charge on any atom is -0.314 e. The lowest BCUT2D eigenvalue weighted by Gasteiger charge is -2.28. The van der Waals surface area contributed by atoms with Crippen molar-refractivity contribution >= 4 is 0 Å². The molecule has 2 aliphatic rings. The van der Waals surface area contributed by atoms with E-state index in [2.05, 4.69) is 17.6 Å². The molecule has 0 aromatic carbocycles. The zero-order chi connectivity index (χ0) is 11.2. The fourth-order valence-electron chi connectivity index (χ4n) is 2.88. The minimum absolute atomic E-state index is 0.691. The summed E-state index contributed by atoms with van der Waals surface area (Å²) in [5.41, 5.74) is 0. The van der Waals surface area contributed by atoms with Crippen LogP contribution in [0.1, 0.15) is 58.3 Å². The van der Waals surface area contributed by atoms with Gasteiger partial charge in [0, 0.05) is 12.1 Å². The van der Waals surface area contributed by atoms with Gasteiger partial charge in [0.15, 0.2) is 0 Å². The third-order valence-electron chi connectivity index (χ3n) is 4.28. The molecule has 0 aromatic heterocycles. The van der Waals surface area contributed by atoms with E-state index in [1.807, 2.05) is 0 Å². The molecule has 16 heavy (non-hydrogen) atoms. The van der Waals surface area contributed by atoms with Gasteiger partial charge in [0.05, 0.1) is 0 Å². The summed E-state index contributed by atoms with van der Waals surface area (Å²) >= 11 is 0. The monoisotopic (exact) mass is 224 g/mol. The van der Waals surface area contributed by atoms with Crippen LogP contribution in [0.4, 0.5) is 0 Å². The Morgan fingerprint density at radius 1 is 1.12 bits per heavy atom. The molecule has 0 bridgehead atoms. The van der Waals surface area contributed by atoms with Gasteiger partial charge in [-0.25, -0.2) is 0 Å². The van der Waals surface area contributed by atoms with Crippen molar-refractivity contribution in [2.45, 2.75) is 70.4 Å². The van der Waals surface area contributed by atoms with E-state index in [4.69, 9.17) is 0 Å². The summed E-state index contributed by atoms with van der Waals surface area (Å²) in [6, 6.07) is 1.46. The molecule has 2 nitrogen and oxygen atoms in total. The molecule has 2 rings (SSSR count). The Morgan fingerprint density at radius 2 is 2.00 bits per heavy atom. The van der Waals surface area contributed by atoms with Gasteiger partial charge < -0.3 is 10.6 Å². The molecule has 2 unspecified atom stereocenters. The molecular formula is C14H28N2. The molecule has 0 amide bonds. The first-order chi connectivity index (χ1) is 7.84. The fraction of sp³-hybridized carbons (Fsp3) is 1.00. The summed E-state index contributed by atoms with van der Waals surface area (Å²) in [4.78, 5) is 0. The lowest BCUT2D eigenvalue weighted by atomic mass is 9.85. The van der Waals surface area contributed by atoms with Gasteiger partial charge in [0.2, 0.25) is 0 Å². The highest BCUT2D eigenvalue weighted by atomic mass is 15.0. The summed E-state index contributed by atoms with van der Waals surface area (Å²) in [5.74, 6) is 0.990. The third kappa shape index (κ3) is 4.06. The minimum atomic E-state index is 0.691. The molecule has 2 N–H and O–H groups in total. The summed E-state index contributed by atoms with van der Waals surface area (Å²) < 4.78 is 0. The van der Waals surface area contributed by atoms with Crippen LogP contribution < -0.4 is 10.6 Å². The van der Waals surface area contributed by atoms with Crippen molar-refractivity contribution in [3.05, 3.63) is 0 Å². The van der Waals surface area contributed by atoms with E-state index >= 15 is 0 Å². The highest BCUT2D eigenvalue weighted by molar-refractivity contribution is 4.78. The Hall–Kier alpha value is -0.0800. The van der Waals surface area contributed by atoms with Gasteiger partial charge in [-0.2, -0.15) is 0 Å². The Labute approximate surface area is 101 Å². The largest absolute Gasteiger partial charge is 0.314 e. The zero-order valence-corrected chi connectivity index (χ0v) is 10.8. The lowest BCUT2D eigenvalue weighted by molar-refractivity contribution is 0.282. The summed E-state index contributed by atoms with van der Waals surface area (Å²) in [7, 11) is 0. The molecule has 2 fully saturated rings. The molecule has 2 atom stereocenters. The lowest BCUT2D eigenvalue weighted by Crippen LogP contribution is -2.39. The van der Waals surface area contributed by atoms with Crippen LogP contribution in [0.5, 0.6) is 0 Å². The molecule has 1 saturated carbocycles. The predicted octanol–water partition coefficient (Wildman–Crippen LogP) is 2.69. The smallest absolute Gasteiger partial charge is 0.00817 e. The second-order valence-electron chi connectivity index (χ2n) is 5.84. The maximum Gasteiger partial charge on any atom is 0.00817 e. The molecule has 0 aromatic rings. The van der Waals surface area contributed by atoms with Crippen LogP contribution in [0.15, 0.2) is 0 Å². The molecule has 2 heteroatoms. The molecule has 1 aliphatic carbocycles. The average Bonchev–Trinajstić information content (AvgIpc) is 2.44. The quantitative estimate of drug-likeness (QED) is 0.750. The number of hydrogen-bond acceptors (Lipinski definition) is 2. The standard InChI is InChI=1S/C14H28N2/c1-12(16-11-13-6-5-7-13)10-14-8-3-2-4-9-15-14/h12-16H,2-11H2,1H3. The van der Waals surface area contributed by atoms with Crippen molar-refractivity contribution in [2.75, 3.05) is 13.1 Å². The van der Waals surface area contributed by atoms with E-state index < -0.39 is 0 Å². The predicted molar refractivity (Wildman–Crippen MR) is 69.7 cm³/mol. The highest BCUT2D eigenvalue weighted by Gasteiger charge is 2.19. The normalized spacial score (nSPS) is 29.4. The molecule has 94 valence electrons. The maximum atomic E-state index is 3.71. The van der Waals surface area contributed by atoms with Crippen molar-refractivity contribution in [3.63, 3.8) is 0 Å². The van der Waals surface area contributed by atoms with Crippen molar-refractivity contribution < 1.29 is 0 Å². The Balaban J connectivity index is 1.58. The van der Waals surface area contributed by atoms with Gasteiger partial charge in [-0.3, -0.25) is 0 Å². The van der Waals surface area contributed by atoms with Gasteiger partial charge in [-0.05, 0) is 58.0 Å². The topological polar surface area (TPSA) is 24.1 Å². The van der Waals surface area contributed by atoms with Gasteiger partial charge in [0.25, 0.3) is 0 Å². The van der Waals surface area contributed by atoms with E-state index in [9.17, 15) is 0 Å². The number of nitrogens with one attached hydrogen (secondary N) is 2. The van der Waals surface area contributed by atoms with E-state index in [1.54, 1.807) is 0 Å². The third-order valence-corrected chi connectivity index (χ3v) is 4.28. The second kappa shape index (κ2) is 6.61. The van der Waals surface area contributed by atoms with Gasteiger partial charge in [0.1, 0.15) is 0 Å². The van der Waals surface area contributed by atoms with Crippen LogP contribution in [0.25, 0.3) is 0 Å². The molecular weight excluding hydrogens is 196 g/mol. The Kier molecular flexibility index (Phi) is 5.11. The van der Waals surface area contributed by atoms with Crippen LogP contribution in [0, 0.1) is 5.92 Å². The second-order valence-corrected chi connectivity index (χ2v) is 5.84. The van der Waals surface area contributed by atoms with Gasteiger partial charge in [-0.15, -0.1) is 0 Å². The van der Waals surface area contributed by atoms with E-state index in [-0.39, 0.29) is 0 Å². The van der Waals surface area contributed by atoms with Crippen LogP contribution in [-0.2, 0) is 0 Å². The molecule has 1 saturated heterocycles. The zero-order valence-electron chi connectivity index (χ0n) is 10.8. The van der Waals surface area contributed by atoms with Crippen molar-refractivity contribution in [3.8, 4) is 0 Å².